The van der Waals surface area contributed by atoms with Gasteiger partial charge in [-0.1, -0.05) is 90.0 Å². The van der Waals surface area contributed by atoms with E-state index in [-0.39, 0.29) is 31.9 Å². The minimum absolute atomic E-state index is 0. The van der Waals surface area contributed by atoms with Crippen molar-refractivity contribution >= 4 is 11.4 Å². The van der Waals surface area contributed by atoms with Gasteiger partial charge in [-0.25, -0.2) is 0 Å². The van der Waals surface area contributed by atoms with E-state index in [0.717, 1.165) is 45.8 Å². The third-order valence-corrected chi connectivity index (χ3v) is 8.11. The van der Waals surface area contributed by atoms with Crippen molar-refractivity contribution in [1.29, 1.82) is 0 Å². The van der Waals surface area contributed by atoms with Crippen molar-refractivity contribution in [3.8, 4) is 11.6 Å². The smallest absolute Gasteiger partial charge is 0.433 e. The minimum atomic E-state index is -0.483. The molecule has 0 saturated carbocycles. The average molecular weight is 748 g/mol. The Hall–Kier alpha value is -2.85. The Bertz CT molecular complexity index is 1440. The molecule has 4 heterocycles. The van der Waals surface area contributed by atoms with Crippen LogP contribution < -0.4 is 9.80 Å². The van der Waals surface area contributed by atoms with Gasteiger partial charge in [0.05, 0.1) is 11.6 Å². The second-order valence-corrected chi connectivity index (χ2v) is 14.3. The first-order chi connectivity index (χ1) is 18.8. The molecular weight excluding hydrogens is 700 g/mol. The van der Waals surface area contributed by atoms with E-state index in [1.165, 1.54) is 11.1 Å². The predicted octanol–water partition coefficient (Wildman–Crippen LogP) is 7.33. The van der Waals surface area contributed by atoms with E-state index in [1.807, 2.05) is 0 Å². The third-order valence-electron chi connectivity index (χ3n) is 8.11. The summed E-state index contributed by atoms with van der Waals surface area (Å²) >= 11 is 0. The summed E-state index contributed by atoms with van der Waals surface area (Å²) in [6.45, 7) is 22.2. The zero-order valence-corrected chi connectivity index (χ0v) is 30.2. The first-order valence-electron chi connectivity index (χ1n) is 14.4. The molecule has 0 saturated heterocycles. The van der Waals surface area contributed by atoms with E-state index in [9.17, 15) is 0 Å². The fourth-order valence-electron chi connectivity index (χ4n) is 5.42. The molecule has 0 aliphatic carbocycles. The van der Waals surface area contributed by atoms with Gasteiger partial charge in [-0.15, -0.1) is 23.3 Å². The molecule has 7 heteroatoms. The predicted molar refractivity (Wildman–Crippen MR) is 172 cm³/mol. The summed E-state index contributed by atoms with van der Waals surface area (Å²) in [5.74, 6) is 1.72. The summed E-state index contributed by atoms with van der Waals surface area (Å²) in [4.78, 5) is 14.8. The van der Waals surface area contributed by atoms with Gasteiger partial charge in [0, 0.05) is 56.4 Å². The number of pyridine rings is 2. The molecule has 0 aliphatic rings. The Morgan fingerprint density at radius 3 is 1.19 bits per heavy atom. The van der Waals surface area contributed by atoms with Crippen LogP contribution in [-0.4, -0.2) is 47.3 Å². The summed E-state index contributed by atoms with van der Waals surface area (Å²) in [6, 6.07) is 12.8. The first kappa shape index (κ1) is 33.6. The van der Waals surface area contributed by atoms with E-state index in [4.69, 9.17) is 9.97 Å². The maximum Gasteiger partial charge on any atom is 2.00 e. The van der Waals surface area contributed by atoms with Crippen LogP contribution in [0.15, 0.2) is 36.4 Å². The molecule has 0 spiro atoms. The largest absolute Gasteiger partial charge is 2.00 e. The van der Waals surface area contributed by atoms with Crippen molar-refractivity contribution in [2.75, 3.05) is 38.0 Å². The van der Waals surface area contributed by atoms with Gasteiger partial charge >= 0.3 is 21.1 Å². The first-order valence-corrected chi connectivity index (χ1v) is 14.4. The quantitative estimate of drug-likeness (QED) is 0.194. The van der Waals surface area contributed by atoms with Crippen LogP contribution in [0, 0.1) is 26.2 Å². The molecule has 228 valence electrons. The van der Waals surface area contributed by atoms with Crippen LogP contribution in [0.1, 0.15) is 89.3 Å². The Labute approximate surface area is 268 Å². The Morgan fingerprint density at radius 2 is 0.929 bits per heavy atom. The van der Waals surface area contributed by atoms with E-state index in [0.29, 0.717) is 0 Å². The van der Waals surface area contributed by atoms with Crippen LogP contribution in [0.3, 0.4) is 0 Å². The molecule has 6 nitrogen and oxygen atoms in total. The minimum Gasteiger partial charge on any atom is -0.433 e. The van der Waals surface area contributed by atoms with Gasteiger partial charge in [-0.3, -0.25) is 9.97 Å². The van der Waals surface area contributed by atoms with Gasteiger partial charge < -0.3 is 18.9 Å². The van der Waals surface area contributed by atoms with Gasteiger partial charge in [0.15, 0.2) is 0 Å². The van der Waals surface area contributed by atoms with Gasteiger partial charge in [-0.05, 0) is 38.1 Å². The van der Waals surface area contributed by atoms with Crippen molar-refractivity contribution in [3.05, 3.63) is 82.7 Å². The monoisotopic (exact) mass is 747 g/mol. The molecule has 0 unspecified atom stereocenters. The molecule has 4 rings (SSSR count). The molecule has 0 aromatic carbocycles. The third kappa shape index (κ3) is 6.39. The van der Waals surface area contributed by atoms with Gasteiger partial charge in [0.25, 0.3) is 0 Å². The van der Waals surface area contributed by atoms with Crippen LogP contribution in [0.5, 0.6) is 0 Å². The van der Waals surface area contributed by atoms with Crippen LogP contribution in [0.25, 0.3) is 11.6 Å². The van der Waals surface area contributed by atoms with Gasteiger partial charge in [-0.2, -0.15) is 0 Å². The van der Waals surface area contributed by atoms with E-state index >= 15 is 0 Å². The second-order valence-electron chi connectivity index (χ2n) is 14.3. The van der Waals surface area contributed by atoms with Crippen molar-refractivity contribution in [2.24, 2.45) is 0 Å². The summed E-state index contributed by atoms with van der Waals surface area (Å²) in [7, 11) is 8.29. The molecule has 4 aromatic rings. The summed E-state index contributed by atoms with van der Waals surface area (Å²) < 4.78 is 4.18. The summed E-state index contributed by atoms with van der Waals surface area (Å²) in [5.41, 5.74) is 8.52. The second kappa shape index (κ2) is 11.7. The molecule has 0 radical (unpaired) electrons. The van der Waals surface area contributed by atoms with E-state index in [2.05, 4.69) is 165 Å². The van der Waals surface area contributed by atoms with Crippen LogP contribution in [0.4, 0.5) is 11.4 Å². The molecule has 0 aliphatic heterocycles. The molecule has 0 atom stereocenters. The molecule has 4 aromatic heterocycles. The number of aromatic nitrogens is 4. The van der Waals surface area contributed by atoms with Crippen molar-refractivity contribution in [1.82, 2.24) is 19.1 Å². The molecule has 0 bridgehead atoms. The van der Waals surface area contributed by atoms with Gasteiger partial charge in [0.1, 0.15) is 0 Å². The maximum absolute atomic E-state index is 5.26. The number of hydrogen-bond acceptors (Lipinski definition) is 4. The summed E-state index contributed by atoms with van der Waals surface area (Å²) in [6.07, 6.45) is 6.93. The Morgan fingerprint density at radius 1 is 0.595 bits per heavy atom. The molecular formula is C35H48N6Pt. The topological polar surface area (TPSA) is 42.1 Å². The Balaban J connectivity index is 0.00000484. The number of hydrogen-bond donors (Lipinski definition) is 0. The molecule has 42 heavy (non-hydrogen) atoms. The van der Waals surface area contributed by atoms with Gasteiger partial charge in [0.2, 0.25) is 0 Å². The fourth-order valence-corrected chi connectivity index (χ4v) is 5.42. The van der Waals surface area contributed by atoms with Crippen molar-refractivity contribution in [2.45, 2.75) is 85.5 Å². The standard InChI is InChI=1S/C35H48N6.Pt/c1-23-27(33(3,4)5)15-17-40(23)31-21-25(38(11)12)19-29(36-31)35(9,10)30-20-26(39(13)14)22-32(37-30)41-18-16-28(24(41)2)34(6,7)8;/h15-16,19-22H,1-14H3;/q-2;+2. The molecule has 0 N–H and O–H groups in total. The number of rotatable bonds is 6. The normalized spacial score (nSPS) is 12.3. The van der Waals surface area contributed by atoms with E-state index in [1.54, 1.807) is 0 Å². The maximum atomic E-state index is 5.26. The van der Waals surface area contributed by atoms with Crippen LogP contribution >= 0.6 is 0 Å². The van der Waals surface area contributed by atoms with Crippen molar-refractivity contribution < 1.29 is 21.1 Å². The Kier molecular flexibility index (Phi) is 9.35. The summed E-state index contributed by atoms with van der Waals surface area (Å²) in [5, 5.41) is 0. The zero-order valence-electron chi connectivity index (χ0n) is 28.0. The number of nitrogens with zero attached hydrogens (tertiary/aromatic N) is 6. The van der Waals surface area contributed by atoms with Crippen molar-refractivity contribution in [3.63, 3.8) is 0 Å². The zero-order chi connectivity index (χ0) is 30.7. The van der Waals surface area contributed by atoms with Crippen LogP contribution in [0.2, 0.25) is 0 Å². The number of anilines is 2. The SMILES string of the molecule is Cc1c(C(C)(C)C)c[c-]n1-c1cc(N(C)C)cc(C(C)(C)c2cc(N(C)C)cc(-n3[c-]cc(C(C)(C)C)c3C)n2)n1.[Pt+2]. The molecule has 0 fully saturated rings. The van der Waals surface area contributed by atoms with Crippen LogP contribution in [-0.2, 0) is 37.3 Å². The fraction of sp³-hybridized carbons (Fsp3) is 0.486. The van der Waals surface area contributed by atoms with E-state index < -0.39 is 5.41 Å². The molecule has 0 amide bonds. The average Bonchev–Trinajstić information content (AvgIpc) is 3.45.